The van der Waals surface area contributed by atoms with Crippen molar-refractivity contribution in [2.75, 3.05) is 6.54 Å². The highest BCUT2D eigenvalue weighted by Crippen LogP contribution is 2.29. The highest BCUT2D eigenvalue weighted by atomic mass is 16.5. The number of rotatable bonds is 5. The average Bonchev–Trinajstić information content (AvgIpc) is 3.30. The molecule has 5 nitrogen and oxygen atoms in total. The van der Waals surface area contributed by atoms with Gasteiger partial charge in [-0.1, -0.05) is 54.0 Å². The number of aryl methyl sites for hydroxylation is 2. The van der Waals surface area contributed by atoms with Gasteiger partial charge in [0.2, 0.25) is 5.91 Å². The molecule has 1 aromatic heterocycles. The van der Waals surface area contributed by atoms with E-state index in [1.54, 1.807) is 0 Å². The first-order chi connectivity index (χ1) is 13.1. The fraction of sp³-hybridized carbons (Fsp3) is 0.318. The molecule has 1 fully saturated rings. The van der Waals surface area contributed by atoms with E-state index in [9.17, 15) is 4.79 Å². The molecular formula is C22H23N3O2. The fourth-order valence-corrected chi connectivity index (χ4v) is 3.49. The van der Waals surface area contributed by atoms with Gasteiger partial charge in [0, 0.05) is 31.0 Å². The van der Waals surface area contributed by atoms with E-state index in [0.717, 1.165) is 23.1 Å². The van der Waals surface area contributed by atoms with Gasteiger partial charge in [0.25, 0.3) is 5.89 Å². The van der Waals surface area contributed by atoms with Crippen molar-refractivity contribution in [1.29, 1.82) is 0 Å². The number of benzene rings is 2. The maximum atomic E-state index is 12.4. The molecule has 0 N–H and O–H groups in total. The van der Waals surface area contributed by atoms with Crippen LogP contribution in [0.1, 0.15) is 41.8 Å². The summed E-state index contributed by atoms with van der Waals surface area (Å²) in [4.78, 5) is 18.9. The van der Waals surface area contributed by atoms with Gasteiger partial charge < -0.3 is 9.42 Å². The lowest BCUT2D eigenvalue weighted by Crippen LogP contribution is -2.24. The molecule has 0 saturated carbocycles. The van der Waals surface area contributed by atoms with Gasteiger partial charge in [0.15, 0.2) is 5.82 Å². The van der Waals surface area contributed by atoms with E-state index in [2.05, 4.69) is 41.3 Å². The summed E-state index contributed by atoms with van der Waals surface area (Å²) in [6.45, 7) is 5.42. The molecule has 0 bridgehead atoms. The van der Waals surface area contributed by atoms with Crippen LogP contribution in [0.25, 0.3) is 11.5 Å². The smallest absolute Gasteiger partial charge is 0.257 e. The lowest BCUT2D eigenvalue weighted by Gasteiger charge is -2.16. The molecule has 4 rings (SSSR count). The average molecular weight is 361 g/mol. The monoisotopic (exact) mass is 361 g/mol. The van der Waals surface area contributed by atoms with E-state index in [0.29, 0.717) is 31.2 Å². The van der Waals surface area contributed by atoms with Crippen LogP contribution in [0.15, 0.2) is 53.1 Å². The summed E-state index contributed by atoms with van der Waals surface area (Å²) in [7, 11) is 0. The summed E-state index contributed by atoms with van der Waals surface area (Å²) in [6, 6.07) is 16.4. The molecule has 0 spiro atoms. The summed E-state index contributed by atoms with van der Waals surface area (Å²) in [6.07, 6.45) is 1.45. The van der Waals surface area contributed by atoms with Crippen molar-refractivity contribution in [2.24, 2.45) is 0 Å². The van der Waals surface area contributed by atoms with E-state index >= 15 is 0 Å². The molecule has 1 amide bonds. The fourth-order valence-electron chi connectivity index (χ4n) is 3.49. The molecule has 0 aliphatic carbocycles. The number of aromatic nitrogens is 2. The summed E-state index contributed by atoms with van der Waals surface area (Å²) in [5.74, 6) is 1.25. The molecule has 1 unspecified atom stereocenters. The quantitative estimate of drug-likeness (QED) is 0.686. The van der Waals surface area contributed by atoms with Crippen LogP contribution in [0.2, 0.25) is 0 Å². The number of carbonyl (C=O) groups excluding carboxylic acids is 1. The van der Waals surface area contributed by atoms with Gasteiger partial charge >= 0.3 is 0 Å². The van der Waals surface area contributed by atoms with Gasteiger partial charge in [-0.3, -0.25) is 4.79 Å². The van der Waals surface area contributed by atoms with Crippen LogP contribution in [-0.2, 0) is 17.8 Å². The van der Waals surface area contributed by atoms with Crippen LogP contribution in [-0.4, -0.2) is 27.5 Å². The molecule has 27 heavy (non-hydrogen) atoms. The normalized spacial score (nSPS) is 16.9. The van der Waals surface area contributed by atoms with Gasteiger partial charge in [0.1, 0.15) is 0 Å². The number of amides is 1. The van der Waals surface area contributed by atoms with Crippen molar-refractivity contribution in [3.8, 4) is 11.5 Å². The largest absolute Gasteiger partial charge is 0.338 e. The first-order valence-electron chi connectivity index (χ1n) is 9.38. The molecule has 1 aliphatic heterocycles. The molecule has 3 aromatic rings. The first kappa shape index (κ1) is 17.5. The van der Waals surface area contributed by atoms with Crippen LogP contribution < -0.4 is 0 Å². The van der Waals surface area contributed by atoms with E-state index in [1.807, 2.05) is 36.1 Å². The summed E-state index contributed by atoms with van der Waals surface area (Å²) >= 11 is 0. The third-order valence-electron chi connectivity index (χ3n) is 5.09. The van der Waals surface area contributed by atoms with Crippen LogP contribution in [0, 0.1) is 6.92 Å². The Hall–Kier alpha value is -2.95. The van der Waals surface area contributed by atoms with Gasteiger partial charge in [-0.25, -0.2) is 0 Å². The van der Waals surface area contributed by atoms with Crippen molar-refractivity contribution in [3.63, 3.8) is 0 Å². The number of carbonyl (C=O) groups is 1. The van der Waals surface area contributed by atoms with E-state index in [-0.39, 0.29) is 11.8 Å². The SMILES string of the molecule is CCc1ccc(CN2CC(c3noc(-c4cccc(C)c4)n3)CC2=O)cc1. The maximum absolute atomic E-state index is 12.4. The molecule has 2 heterocycles. The van der Waals surface area contributed by atoms with E-state index in [1.165, 1.54) is 5.56 Å². The van der Waals surface area contributed by atoms with Gasteiger partial charge in [0.05, 0.1) is 0 Å². The number of likely N-dealkylation sites (tertiary alicyclic amines) is 1. The summed E-state index contributed by atoms with van der Waals surface area (Å²) in [5, 5.41) is 4.14. The Kier molecular flexibility index (Phi) is 4.75. The van der Waals surface area contributed by atoms with E-state index in [4.69, 9.17) is 4.52 Å². The molecule has 1 aliphatic rings. The molecular weight excluding hydrogens is 338 g/mol. The molecule has 2 aromatic carbocycles. The molecule has 5 heteroatoms. The standard InChI is InChI=1S/C22H23N3O2/c1-3-16-7-9-17(10-8-16)13-25-14-19(12-20(25)26)21-23-22(27-24-21)18-6-4-5-15(2)11-18/h4-11,19H,3,12-14H2,1-2H3. The Morgan fingerprint density at radius 3 is 2.67 bits per heavy atom. The second kappa shape index (κ2) is 7.35. The minimum absolute atomic E-state index is 0.0188. The third kappa shape index (κ3) is 3.77. The second-order valence-electron chi connectivity index (χ2n) is 7.17. The Morgan fingerprint density at radius 2 is 1.93 bits per heavy atom. The highest BCUT2D eigenvalue weighted by molar-refractivity contribution is 5.79. The Morgan fingerprint density at radius 1 is 1.15 bits per heavy atom. The van der Waals surface area contributed by atoms with E-state index < -0.39 is 0 Å². The van der Waals surface area contributed by atoms with Gasteiger partial charge in [-0.05, 0) is 36.6 Å². The van der Waals surface area contributed by atoms with Gasteiger partial charge in [-0.2, -0.15) is 4.98 Å². The van der Waals surface area contributed by atoms with Crippen molar-refractivity contribution < 1.29 is 9.32 Å². The number of hydrogen-bond acceptors (Lipinski definition) is 4. The minimum atomic E-state index is -0.0188. The zero-order chi connectivity index (χ0) is 18.8. The minimum Gasteiger partial charge on any atom is -0.338 e. The second-order valence-corrected chi connectivity index (χ2v) is 7.17. The number of hydrogen-bond donors (Lipinski definition) is 0. The topological polar surface area (TPSA) is 59.2 Å². The van der Waals surface area contributed by atoms with Crippen LogP contribution in [0.4, 0.5) is 0 Å². The maximum Gasteiger partial charge on any atom is 0.257 e. The predicted molar refractivity (Wildman–Crippen MR) is 103 cm³/mol. The Bertz CT molecular complexity index is 946. The first-order valence-corrected chi connectivity index (χ1v) is 9.38. The van der Waals surface area contributed by atoms with Crippen molar-refractivity contribution in [3.05, 3.63) is 71.0 Å². The lowest BCUT2D eigenvalue weighted by atomic mass is 10.1. The lowest BCUT2D eigenvalue weighted by molar-refractivity contribution is -0.128. The van der Waals surface area contributed by atoms with Crippen LogP contribution in [0.3, 0.4) is 0 Å². The third-order valence-corrected chi connectivity index (χ3v) is 5.09. The van der Waals surface area contributed by atoms with Crippen LogP contribution in [0.5, 0.6) is 0 Å². The zero-order valence-electron chi connectivity index (χ0n) is 15.7. The molecule has 0 radical (unpaired) electrons. The Balaban J connectivity index is 1.46. The number of nitrogens with zero attached hydrogens (tertiary/aromatic N) is 3. The van der Waals surface area contributed by atoms with Crippen molar-refractivity contribution >= 4 is 5.91 Å². The summed E-state index contributed by atoms with van der Waals surface area (Å²) < 4.78 is 5.44. The van der Waals surface area contributed by atoms with Crippen LogP contribution >= 0.6 is 0 Å². The Labute approximate surface area is 159 Å². The van der Waals surface area contributed by atoms with Crippen molar-refractivity contribution in [2.45, 2.75) is 39.2 Å². The highest BCUT2D eigenvalue weighted by Gasteiger charge is 2.33. The molecule has 1 saturated heterocycles. The van der Waals surface area contributed by atoms with Crippen molar-refractivity contribution in [1.82, 2.24) is 15.0 Å². The van der Waals surface area contributed by atoms with Gasteiger partial charge in [-0.15, -0.1) is 0 Å². The molecule has 138 valence electrons. The molecule has 1 atom stereocenters. The predicted octanol–water partition coefficient (Wildman–Crippen LogP) is 4.12. The summed E-state index contributed by atoms with van der Waals surface area (Å²) in [5.41, 5.74) is 4.50. The zero-order valence-corrected chi connectivity index (χ0v) is 15.7.